The van der Waals surface area contributed by atoms with Crippen molar-refractivity contribution in [3.63, 3.8) is 0 Å². The van der Waals surface area contributed by atoms with Crippen LogP contribution < -0.4 is 10.2 Å². The van der Waals surface area contributed by atoms with E-state index in [0.717, 1.165) is 17.9 Å². The van der Waals surface area contributed by atoms with E-state index in [9.17, 15) is 4.79 Å². The molecule has 0 radical (unpaired) electrons. The van der Waals surface area contributed by atoms with Gasteiger partial charge in [0.1, 0.15) is 5.76 Å². The van der Waals surface area contributed by atoms with Crippen molar-refractivity contribution >= 4 is 40.6 Å². The minimum atomic E-state index is -0.0949. The first-order chi connectivity index (χ1) is 11.8. The molecule has 1 N–H and O–H groups in total. The van der Waals surface area contributed by atoms with Gasteiger partial charge < -0.3 is 14.7 Å². The summed E-state index contributed by atoms with van der Waals surface area (Å²) in [5.41, 5.74) is 0.668. The molecule has 1 aliphatic heterocycles. The van der Waals surface area contributed by atoms with Gasteiger partial charge in [-0.2, -0.15) is 0 Å². The lowest BCUT2D eigenvalue weighted by molar-refractivity contribution is -0.117. The lowest BCUT2D eigenvalue weighted by atomic mass is 9.93. The van der Waals surface area contributed by atoms with Crippen molar-refractivity contribution in [2.45, 2.75) is 45.1 Å². The quantitative estimate of drug-likeness (QED) is 0.818. The summed E-state index contributed by atoms with van der Waals surface area (Å²) in [5.74, 6) is 1.58. The molecular weight excluding hydrogens is 361 g/mol. The van der Waals surface area contributed by atoms with Gasteiger partial charge in [0.2, 0.25) is 5.91 Å². The van der Waals surface area contributed by atoms with Crippen LogP contribution in [0, 0.1) is 0 Å². The number of carbonyl (C=O) groups excluding carboxylic acids is 1. The van der Waals surface area contributed by atoms with Gasteiger partial charge in [-0.15, -0.1) is 0 Å². The molecule has 3 rings (SSSR count). The van der Waals surface area contributed by atoms with Crippen LogP contribution in [0.25, 0.3) is 0 Å². The van der Waals surface area contributed by atoms with E-state index < -0.39 is 0 Å². The van der Waals surface area contributed by atoms with Gasteiger partial charge in [0.15, 0.2) is 5.82 Å². The molecule has 0 spiro atoms. The summed E-state index contributed by atoms with van der Waals surface area (Å²) in [7, 11) is 0. The zero-order valence-electron chi connectivity index (χ0n) is 14.5. The molecule has 0 saturated carbocycles. The molecule has 1 aliphatic rings. The number of aromatic nitrogens is 1. The Kier molecular flexibility index (Phi) is 4.98. The average Bonchev–Trinajstić information content (AvgIpc) is 3.14. The third-order valence-corrected chi connectivity index (χ3v) is 5.01. The second-order valence-electron chi connectivity index (χ2n) is 7.26. The lowest BCUT2D eigenvalue weighted by Gasteiger charge is -2.25. The second kappa shape index (κ2) is 6.89. The highest BCUT2D eigenvalue weighted by molar-refractivity contribution is 6.42. The predicted octanol–water partition coefficient (Wildman–Crippen LogP) is 4.89. The van der Waals surface area contributed by atoms with Crippen LogP contribution in [0.4, 0.5) is 11.5 Å². The smallest absolute Gasteiger partial charge is 0.227 e. The van der Waals surface area contributed by atoms with Crippen LogP contribution in [0.3, 0.4) is 0 Å². The molecule has 0 aliphatic carbocycles. The van der Waals surface area contributed by atoms with Gasteiger partial charge in [-0.3, -0.25) is 4.79 Å². The van der Waals surface area contributed by atoms with E-state index in [1.54, 1.807) is 17.0 Å². The Morgan fingerprint density at radius 2 is 2.04 bits per heavy atom. The van der Waals surface area contributed by atoms with Crippen LogP contribution in [-0.4, -0.2) is 23.7 Å². The van der Waals surface area contributed by atoms with Crippen LogP contribution in [0.15, 0.2) is 28.8 Å². The fraction of sp³-hybridized carbons (Fsp3) is 0.444. The van der Waals surface area contributed by atoms with E-state index in [1.165, 1.54) is 0 Å². The highest BCUT2D eigenvalue weighted by Gasteiger charge is 2.32. The van der Waals surface area contributed by atoms with Gasteiger partial charge in [0.25, 0.3) is 0 Å². The molecule has 1 aromatic carbocycles. The predicted molar refractivity (Wildman–Crippen MR) is 101 cm³/mol. The minimum Gasteiger partial charge on any atom is -0.365 e. The molecule has 1 saturated heterocycles. The summed E-state index contributed by atoms with van der Waals surface area (Å²) in [5, 5.41) is 8.24. The minimum absolute atomic E-state index is 0.0273. The number of carbonyl (C=O) groups is 1. The van der Waals surface area contributed by atoms with Gasteiger partial charge in [-0.05, 0) is 24.6 Å². The number of nitrogens with one attached hydrogen (secondary N) is 1. The van der Waals surface area contributed by atoms with Crippen LogP contribution in [-0.2, 0) is 10.2 Å². The Balaban J connectivity index is 1.72. The Hall–Kier alpha value is -1.72. The van der Waals surface area contributed by atoms with E-state index in [2.05, 4.69) is 31.2 Å². The van der Waals surface area contributed by atoms with Gasteiger partial charge in [-0.1, -0.05) is 49.1 Å². The zero-order chi connectivity index (χ0) is 18.2. The van der Waals surface area contributed by atoms with Crippen LogP contribution in [0.5, 0.6) is 0 Å². The number of hydrogen-bond donors (Lipinski definition) is 1. The van der Waals surface area contributed by atoms with Crippen molar-refractivity contribution in [2.75, 3.05) is 16.8 Å². The number of halogens is 2. The van der Waals surface area contributed by atoms with E-state index in [4.69, 9.17) is 27.7 Å². The molecule has 0 bridgehead atoms. The molecule has 1 atom stereocenters. The normalized spacial score (nSPS) is 18.0. The van der Waals surface area contributed by atoms with Gasteiger partial charge in [-0.25, -0.2) is 0 Å². The van der Waals surface area contributed by atoms with Crippen LogP contribution >= 0.6 is 23.2 Å². The molecule has 134 valence electrons. The third kappa shape index (κ3) is 3.93. The van der Waals surface area contributed by atoms with E-state index in [1.807, 2.05) is 12.1 Å². The topological polar surface area (TPSA) is 58.4 Å². The maximum absolute atomic E-state index is 12.3. The molecule has 5 nitrogen and oxygen atoms in total. The number of amides is 1. The number of anilines is 2. The SMILES string of the molecule is CC(C)(C)c1cc(NC[C@@H]2CCC(=O)N2c2ccc(Cl)c(Cl)c2)no1. The molecular formula is C18H21Cl2N3O2. The standard InChI is InChI=1S/C18H21Cl2N3O2/c1-18(2,3)15-9-16(22-25-15)21-10-12-5-7-17(24)23(12)11-4-6-13(19)14(20)8-11/h4,6,8-9,12H,5,7,10H2,1-3H3,(H,21,22)/t12-/m0/s1. The highest BCUT2D eigenvalue weighted by Crippen LogP contribution is 2.32. The van der Waals surface area contributed by atoms with Crippen LogP contribution in [0.2, 0.25) is 10.0 Å². The Bertz CT molecular complexity index is 783. The summed E-state index contributed by atoms with van der Waals surface area (Å²) in [4.78, 5) is 14.1. The largest absolute Gasteiger partial charge is 0.365 e. The van der Waals surface area contributed by atoms with Crippen molar-refractivity contribution in [3.05, 3.63) is 40.1 Å². The summed E-state index contributed by atoms with van der Waals surface area (Å²) >= 11 is 12.1. The van der Waals surface area contributed by atoms with Crippen molar-refractivity contribution < 1.29 is 9.32 Å². The molecule has 1 fully saturated rings. The molecule has 1 aromatic heterocycles. The first kappa shape index (κ1) is 18.1. The Morgan fingerprint density at radius 1 is 1.28 bits per heavy atom. The second-order valence-corrected chi connectivity index (χ2v) is 8.08. The zero-order valence-corrected chi connectivity index (χ0v) is 16.0. The molecule has 0 unspecified atom stereocenters. The first-order valence-corrected chi connectivity index (χ1v) is 8.99. The van der Waals surface area contributed by atoms with Crippen LogP contribution in [0.1, 0.15) is 39.4 Å². The van der Waals surface area contributed by atoms with E-state index >= 15 is 0 Å². The highest BCUT2D eigenvalue weighted by atomic mass is 35.5. The Labute approximate surface area is 157 Å². The van der Waals surface area contributed by atoms with Crippen molar-refractivity contribution in [3.8, 4) is 0 Å². The summed E-state index contributed by atoms with van der Waals surface area (Å²) in [6, 6.07) is 7.19. The number of benzene rings is 1. The fourth-order valence-corrected chi connectivity index (χ4v) is 3.15. The summed E-state index contributed by atoms with van der Waals surface area (Å²) < 4.78 is 5.38. The van der Waals surface area contributed by atoms with Crippen molar-refractivity contribution in [1.29, 1.82) is 0 Å². The molecule has 2 aromatic rings. The number of hydrogen-bond acceptors (Lipinski definition) is 4. The number of nitrogens with zero attached hydrogens (tertiary/aromatic N) is 2. The van der Waals surface area contributed by atoms with Gasteiger partial charge >= 0.3 is 0 Å². The van der Waals surface area contributed by atoms with Crippen molar-refractivity contribution in [2.24, 2.45) is 0 Å². The van der Waals surface area contributed by atoms with Gasteiger partial charge in [0.05, 0.1) is 16.1 Å². The maximum atomic E-state index is 12.3. The van der Waals surface area contributed by atoms with Gasteiger partial charge in [0, 0.05) is 30.1 Å². The summed E-state index contributed by atoms with van der Waals surface area (Å²) in [6.45, 7) is 6.79. The lowest BCUT2D eigenvalue weighted by Crippen LogP contribution is -2.37. The molecule has 7 heteroatoms. The van der Waals surface area contributed by atoms with E-state index in [-0.39, 0.29) is 17.4 Å². The average molecular weight is 382 g/mol. The maximum Gasteiger partial charge on any atom is 0.227 e. The fourth-order valence-electron chi connectivity index (χ4n) is 2.86. The molecule has 2 heterocycles. The number of rotatable bonds is 4. The Morgan fingerprint density at radius 3 is 2.68 bits per heavy atom. The molecule has 1 amide bonds. The molecule has 25 heavy (non-hydrogen) atoms. The summed E-state index contributed by atoms with van der Waals surface area (Å²) in [6.07, 6.45) is 1.29. The first-order valence-electron chi connectivity index (χ1n) is 8.24. The van der Waals surface area contributed by atoms with Crippen molar-refractivity contribution in [1.82, 2.24) is 5.16 Å². The third-order valence-electron chi connectivity index (χ3n) is 4.27. The van der Waals surface area contributed by atoms with E-state index in [0.29, 0.717) is 28.8 Å². The monoisotopic (exact) mass is 381 g/mol.